The topological polar surface area (TPSA) is 163 Å². The minimum absolute atomic E-state index is 0.0885. The third kappa shape index (κ3) is 6.32. The first-order valence-corrected chi connectivity index (χ1v) is 19.3. The number of fused-ring (bicyclic) bond motifs is 2. The lowest BCUT2D eigenvalue weighted by Gasteiger charge is -2.32. The average Bonchev–Trinajstić information content (AvgIpc) is 3.70. The second-order valence-electron chi connectivity index (χ2n) is 13.4. The molecule has 14 heteroatoms. The number of hydrogen-bond acceptors (Lipinski definition) is 9. The fourth-order valence-corrected chi connectivity index (χ4v) is 10.2. The molecule has 258 valence electrons. The predicted molar refractivity (Wildman–Crippen MR) is 182 cm³/mol. The highest BCUT2D eigenvalue weighted by Crippen LogP contribution is 2.60. The molecule has 3 aliphatic rings. The molecule has 0 bridgehead atoms. The molecule has 0 saturated carbocycles. The quantitative estimate of drug-likeness (QED) is 0.170. The van der Waals surface area contributed by atoms with Crippen molar-refractivity contribution in [3.05, 3.63) is 99.6 Å². The van der Waals surface area contributed by atoms with Crippen LogP contribution < -0.4 is 9.80 Å². The van der Waals surface area contributed by atoms with Crippen LogP contribution in [0.1, 0.15) is 30.0 Å². The molecule has 0 unspecified atom stereocenters. The van der Waals surface area contributed by atoms with Crippen molar-refractivity contribution in [3.8, 4) is 0 Å². The summed E-state index contributed by atoms with van der Waals surface area (Å²) in [5.41, 5.74) is 0.577. The Kier molecular flexibility index (Phi) is 9.33. The summed E-state index contributed by atoms with van der Waals surface area (Å²) in [6, 6.07) is 20.8. The minimum Gasteiger partial charge on any atom is -0.447 e. The number of non-ortho nitro benzene ring substituents is 1. The highest BCUT2D eigenvalue weighted by Gasteiger charge is 2.66. The summed E-state index contributed by atoms with van der Waals surface area (Å²) in [7, 11) is -3.14. The van der Waals surface area contributed by atoms with Gasteiger partial charge in [0.15, 0.2) is 13.9 Å². The summed E-state index contributed by atoms with van der Waals surface area (Å²) in [5.74, 6) is -1.38. The highest BCUT2D eigenvalue weighted by atomic mass is 28.4. The van der Waals surface area contributed by atoms with E-state index in [2.05, 4.69) is 0 Å². The van der Waals surface area contributed by atoms with Gasteiger partial charge >= 0.3 is 6.09 Å². The Morgan fingerprint density at radius 1 is 1.08 bits per heavy atom. The van der Waals surface area contributed by atoms with Gasteiger partial charge in [0.25, 0.3) is 11.6 Å². The SMILES string of the molecule is C[C@@H]1[C@@H]([Si](C)(C)O)[C@H](CC(=O)N(CCO)Cc2ccccc2)O[C@@]12C(=O)N(Cc1ccc(N3CCOC3=O)cc1)c1ccc([N+](=O)[O-])cc12. The van der Waals surface area contributed by atoms with E-state index in [-0.39, 0.29) is 44.3 Å². The molecule has 13 nitrogen and oxygen atoms in total. The Bertz CT molecular complexity index is 1750. The fraction of sp³-hybridized carbons (Fsp3) is 0.400. The molecule has 49 heavy (non-hydrogen) atoms. The molecule has 0 radical (unpaired) electrons. The Morgan fingerprint density at radius 2 is 1.80 bits per heavy atom. The number of benzene rings is 3. The van der Waals surface area contributed by atoms with E-state index in [1.54, 1.807) is 43.4 Å². The van der Waals surface area contributed by atoms with Gasteiger partial charge in [-0.3, -0.25) is 24.6 Å². The van der Waals surface area contributed by atoms with Gasteiger partial charge in [0.05, 0.1) is 42.8 Å². The molecule has 4 atom stereocenters. The van der Waals surface area contributed by atoms with Crippen LogP contribution in [0.5, 0.6) is 0 Å². The molecule has 0 aromatic heterocycles. The van der Waals surface area contributed by atoms with Crippen LogP contribution in [0.25, 0.3) is 0 Å². The Hall–Kier alpha value is -4.63. The van der Waals surface area contributed by atoms with E-state index in [0.717, 1.165) is 11.1 Å². The van der Waals surface area contributed by atoms with Crippen molar-refractivity contribution >= 4 is 43.3 Å². The van der Waals surface area contributed by atoms with Crippen molar-refractivity contribution in [2.24, 2.45) is 5.92 Å². The average molecular weight is 689 g/mol. The van der Waals surface area contributed by atoms with Gasteiger partial charge in [0.2, 0.25) is 5.91 Å². The number of carbonyl (C=O) groups excluding carboxylic acids is 3. The second-order valence-corrected chi connectivity index (χ2v) is 17.3. The number of ether oxygens (including phenoxy) is 2. The number of anilines is 2. The van der Waals surface area contributed by atoms with E-state index >= 15 is 0 Å². The lowest BCUT2D eigenvalue weighted by atomic mass is 9.82. The van der Waals surface area contributed by atoms with Crippen LogP contribution in [-0.2, 0) is 37.8 Å². The van der Waals surface area contributed by atoms with Gasteiger partial charge in [-0.25, -0.2) is 4.79 Å². The molecule has 2 N–H and O–H groups in total. The number of nitrogens with zero attached hydrogens (tertiary/aromatic N) is 4. The van der Waals surface area contributed by atoms with Gasteiger partial charge in [-0.1, -0.05) is 49.4 Å². The number of carbonyl (C=O) groups is 3. The summed E-state index contributed by atoms with van der Waals surface area (Å²) in [5, 5.41) is 21.7. The Balaban J connectivity index is 1.34. The van der Waals surface area contributed by atoms with Gasteiger partial charge in [-0.15, -0.1) is 0 Å². The lowest BCUT2D eigenvalue weighted by molar-refractivity contribution is -0.385. The maximum Gasteiger partial charge on any atom is 0.414 e. The third-order valence-corrected chi connectivity index (χ3v) is 12.3. The lowest BCUT2D eigenvalue weighted by Crippen LogP contribution is -2.46. The fourth-order valence-electron chi connectivity index (χ4n) is 7.65. The standard InChI is InChI=1S/C35H40N4O9Si/c1-23-32(49(2,3)46)30(20-31(41)36(15-17-40)21-24-7-5-4-6-8-24)48-35(23)28-19-27(39(44)45)13-14-29(28)38(33(35)42)22-25-9-11-26(12-10-25)37-16-18-47-34(37)43/h4-14,19,23,30,32,40,46H,15-18,20-22H2,1-3H3/t23-,30+,32-,35+/m1/s1. The number of cyclic esters (lactones) is 1. The van der Waals surface area contributed by atoms with Crippen molar-refractivity contribution in [2.45, 2.75) is 56.8 Å². The van der Waals surface area contributed by atoms with E-state index in [1.165, 1.54) is 26.8 Å². The normalized spacial score (nSPS) is 23.2. The van der Waals surface area contributed by atoms with Gasteiger partial charge in [-0.05, 0) is 42.4 Å². The summed E-state index contributed by atoms with van der Waals surface area (Å²) < 4.78 is 11.8. The van der Waals surface area contributed by atoms with E-state index in [0.29, 0.717) is 30.1 Å². The molecular weight excluding hydrogens is 648 g/mol. The second kappa shape index (κ2) is 13.3. The van der Waals surface area contributed by atoms with Crippen LogP contribution in [-0.4, -0.2) is 78.4 Å². The van der Waals surface area contributed by atoms with Crippen LogP contribution in [0.15, 0.2) is 72.8 Å². The van der Waals surface area contributed by atoms with Gasteiger partial charge in [-0.2, -0.15) is 0 Å². The molecule has 1 spiro atoms. The molecule has 2 saturated heterocycles. The first-order chi connectivity index (χ1) is 23.3. The van der Waals surface area contributed by atoms with E-state index < -0.39 is 48.4 Å². The number of rotatable bonds is 11. The summed E-state index contributed by atoms with van der Waals surface area (Å²) in [6.07, 6.45) is -1.45. The van der Waals surface area contributed by atoms with E-state index in [9.17, 15) is 34.4 Å². The zero-order valence-electron chi connectivity index (χ0n) is 27.7. The molecule has 0 aliphatic carbocycles. The van der Waals surface area contributed by atoms with Crippen molar-refractivity contribution in [3.63, 3.8) is 0 Å². The molecule has 2 fully saturated rings. The van der Waals surface area contributed by atoms with Crippen LogP contribution in [0, 0.1) is 16.0 Å². The van der Waals surface area contributed by atoms with Gasteiger partial charge in [0.1, 0.15) is 6.61 Å². The van der Waals surface area contributed by atoms with Crippen molar-refractivity contribution < 1.29 is 38.7 Å². The number of nitro benzene ring substituents is 1. The van der Waals surface area contributed by atoms with Crippen LogP contribution >= 0.6 is 0 Å². The molecule has 3 aromatic rings. The molecule has 3 heterocycles. The van der Waals surface area contributed by atoms with Crippen LogP contribution in [0.2, 0.25) is 18.6 Å². The smallest absolute Gasteiger partial charge is 0.414 e. The summed E-state index contributed by atoms with van der Waals surface area (Å²) in [6.45, 7) is 6.25. The first kappa shape index (κ1) is 34.2. The zero-order chi connectivity index (χ0) is 35.1. The summed E-state index contributed by atoms with van der Waals surface area (Å²) >= 11 is 0. The number of hydrogen-bond donors (Lipinski definition) is 2. The maximum atomic E-state index is 14.7. The Labute approximate surface area is 284 Å². The largest absolute Gasteiger partial charge is 0.447 e. The van der Waals surface area contributed by atoms with Crippen LogP contribution in [0.4, 0.5) is 21.9 Å². The summed E-state index contributed by atoms with van der Waals surface area (Å²) in [4.78, 5) is 68.3. The van der Waals surface area contributed by atoms with E-state index in [1.807, 2.05) is 37.3 Å². The number of nitro groups is 1. The molecule has 6 rings (SSSR count). The minimum atomic E-state index is -3.14. The number of aliphatic hydroxyl groups excluding tert-OH is 1. The molecular formula is C35H40N4O9Si. The van der Waals surface area contributed by atoms with Crippen molar-refractivity contribution in [1.82, 2.24) is 4.90 Å². The van der Waals surface area contributed by atoms with Crippen molar-refractivity contribution in [2.75, 3.05) is 36.1 Å². The Morgan fingerprint density at radius 3 is 2.41 bits per heavy atom. The monoisotopic (exact) mass is 688 g/mol. The molecule has 3 aromatic carbocycles. The predicted octanol–water partition coefficient (Wildman–Crippen LogP) is 4.31. The number of aliphatic hydroxyl groups is 1. The molecule has 3 aliphatic heterocycles. The molecule has 3 amide bonds. The van der Waals surface area contributed by atoms with Crippen LogP contribution in [0.3, 0.4) is 0 Å². The van der Waals surface area contributed by atoms with Gasteiger partial charge < -0.3 is 29.2 Å². The van der Waals surface area contributed by atoms with Gasteiger partial charge in [0, 0.05) is 47.9 Å². The van der Waals surface area contributed by atoms with E-state index in [4.69, 9.17) is 9.47 Å². The third-order valence-electron chi connectivity index (χ3n) is 9.84. The maximum absolute atomic E-state index is 14.7. The highest BCUT2D eigenvalue weighted by molar-refractivity contribution is 6.71. The number of amides is 3. The zero-order valence-corrected chi connectivity index (χ0v) is 28.7. The first-order valence-electron chi connectivity index (χ1n) is 16.3. The van der Waals surface area contributed by atoms with Crippen molar-refractivity contribution in [1.29, 1.82) is 0 Å².